The molecule has 3 aromatic rings. The Hall–Kier alpha value is -3.84. The average molecular weight is 504 g/mol. The number of aromatic hydroxyl groups is 2. The summed E-state index contributed by atoms with van der Waals surface area (Å²) < 4.78 is 27.3. The van der Waals surface area contributed by atoms with E-state index in [4.69, 9.17) is 23.4 Å². The Morgan fingerprint density at radius 2 is 1.83 bits per heavy atom. The smallest absolute Gasteiger partial charge is 0.303 e. The number of aliphatic hydroxyl groups is 3. The lowest BCUT2D eigenvalue weighted by Crippen LogP contribution is -2.61. The Balaban J connectivity index is 1.80. The quantitative estimate of drug-likeness (QED) is 0.295. The number of ether oxygens (including phenoxy) is 4. The van der Waals surface area contributed by atoms with Crippen LogP contribution in [0.4, 0.5) is 0 Å². The second-order valence-corrected chi connectivity index (χ2v) is 8.04. The Kier molecular flexibility index (Phi) is 7.04. The van der Waals surface area contributed by atoms with Gasteiger partial charge in [-0.15, -0.1) is 0 Å². The Bertz CT molecular complexity index is 1330. The number of esters is 1. The zero-order chi connectivity index (χ0) is 26.1. The predicted octanol–water partition coefficient (Wildman–Crippen LogP) is 0.629. The number of carbonyl (C=O) groups is 1. The molecule has 1 aliphatic heterocycles. The molecule has 0 spiro atoms. The summed E-state index contributed by atoms with van der Waals surface area (Å²) in [4.78, 5) is 24.4. The minimum atomic E-state index is -1.67. The lowest BCUT2D eigenvalue weighted by molar-refractivity contribution is -0.281. The van der Waals surface area contributed by atoms with Crippen molar-refractivity contribution in [1.82, 2.24) is 0 Å². The van der Waals surface area contributed by atoms with Crippen LogP contribution in [0.5, 0.6) is 23.0 Å². The highest BCUT2D eigenvalue weighted by Crippen LogP contribution is 2.41. The molecule has 1 saturated heterocycles. The van der Waals surface area contributed by atoms with E-state index in [9.17, 15) is 35.1 Å². The van der Waals surface area contributed by atoms with E-state index in [-0.39, 0.29) is 45.3 Å². The first-order valence-corrected chi connectivity index (χ1v) is 10.8. The Morgan fingerprint density at radius 1 is 1.08 bits per heavy atom. The van der Waals surface area contributed by atoms with E-state index in [1.807, 2.05) is 0 Å². The first kappa shape index (κ1) is 25.3. The molecule has 0 amide bonds. The summed E-state index contributed by atoms with van der Waals surface area (Å²) in [7, 11) is 1.37. The van der Waals surface area contributed by atoms with Crippen molar-refractivity contribution in [1.29, 1.82) is 0 Å². The van der Waals surface area contributed by atoms with Crippen molar-refractivity contribution in [3.63, 3.8) is 0 Å². The summed E-state index contributed by atoms with van der Waals surface area (Å²) in [5.74, 6) is -1.55. The van der Waals surface area contributed by atoms with E-state index in [2.05, 4.69) is 0 Å². The number of phenolic OH excluding ortho intramolecular Hbond substituents is 2. The summed E-state index contributed by atoms with van der Waals surface area (Å²) in [6, 6.07) is 7.78. The van der Waals surface area contributed by atoms with Gasteiger partial charge in [0, 0.05) is 25.1 Å². The fourth-order valence-electron chi connectivity index (χ4n) is 3.94. The van der Waals surface area contributed by atoms with Gasteiger partial charge in [-0.25, -0.2) is 0 Å². The maximum absolute atomic E-state index is 12.8. The van der Waals surface area contributed by atoms with Crippen LogP contribution in [0.2, 0.25) is 0 Å². The van der Waals surface area contributed by atoms with Crippen LogP contribution in [0.1, 0.15) is 6.92 Å². The minimum Gasteiger partial charge on any atom is -0.507 e. The average Bonchev–Trinajstić information content (AvgIpc) is 2.82. The van der Waals surface area contributed by atoms with Crippen molar-refractivity contribution in [3.05, 3.63) is 46.6 Å². The van der Waals surface area contributed by atoms with E-state index in [0.717, 1.165) is 13.0 Å². The first-order chi connectivity index (χ1) is 17.1. The number of rotatable bonds is 6. The van der Waals surface area contributed by atoms with Gasteiger partial charge < -0.3 is 48.9 Å². The van der Waals surface area contributed by atoms with Crippen molar-refractivity contribution in [2.45, 2.75) is 37.6 Å². The van der Waals surface area contributed by atoms with Gasteiger partial charge in [-0.05, 0) is 12.1 Å². The molecule has 0 saturated carbocycles. The molecule has 5 unspecified atom stereocenters. The van der Waals surface area contributed by atoms with Crippen LogP contribution in [0.3, 0.4) is 0 Å². The van der Waals surface area contributed by atoms with Gasteiger partial charge in [-0.3, -0.25) is 9.59 Å². The normalized spacial score (nSPS) is 23.9. The van der Waals surface area contributed by atoms with Gasteiger partial charge in [0.05, 0.1) is 13.7 Å². The molecule has 12 heteroatoms. The molecule has 2 aromatic carbocycles. The van der Waals surface area contributed by atoms with Crippen LogP contribution < -0.4 is 14.9 Å². The van der Waals surface area contributed by atoms with Crippen LogP contribution in [0.25, 0.3) is 22.3 Å². The third kappa shape index (κ3) is 4.66. The number of hydrogen-bond acceptors (Lipinski definition) is 12. The fourth-order valence-corrected chi connectivity index (χ4v) is 3.94. The van der Waals surface area contributed by atoms with Gasteiger partial charge in [0.15, 0.2) is 11.5 Å². The lowest BCUT2D eigenvalue weighted by atomic mass is 9.99. The lowest BCUT2D eigenvalue weighted by Gasteiger charge is -2.41. The Labute approximate surface area is 203 Å². The maximum atomic E-state index is 12.8. The molecule has 1 aromatic heterocycles. The number of methoxy groups -OCH3 is 1. The third-order valence-electron chi connectivity index (χ3n) is 5.64. The number of carbonyl (C=O) groups excluding carboxylic acids is 1. The molecule has 0 bridgehead atoms. The topological polar surface area (TPSA) is 185 Å². The van der Waals surface area contributed by atoms with Crippen LogP contribution in [-0.4, -0.2) is 75.9 Å². The molecule has 2 heterocycles. The summed E-state index contributed by atoms with van der Waals surface area (Å²) >= 11 is 0. The summed E-state index contributed by atoms with van der Waals surface area (Å²) in [5, 5.41) is 50.9. The number of fused-ring (bicyclic) bond motifs is 1. The molecular weight excluding hydrogens is 480 g/mol. The maximum Gasteiger partial charge on any atom is 0.303 e. The van der Waals surface area contributed by atoms with Crippen molar-refractivity contribution >= 4 is 16.9 Å². The molecule has 4 rings (SSSR count). The molecule has 12 nitrogen and oxygen atoms in total. The van der Waals surface area contributed by atoms with Crippen LogP contribution in [0, 0.1) is 0 Å². The van der Waals surface area contributed by atoms with Gasteiger partial charge in [-0.1, -0.05) is 6.07 Å². The highest BCUT2D eigenvalue weighted by molar-refractivity contribution is 5.87. The van der Waals surface area contributed by atoms with E-state index in [1.54, 1.807) is 0 Å². The number of phenols is 2. The highest BCUT2D eigenvalue weighted by atomic mass is 16.7. The van der Waals surface area contributed by atoms with E-state index in [0.29, 0.717) is 0 Å². The van der Waals surface area contributed by atoms with Gasteiger partial charge in [0.25, 0.3) is 0 Å². The van der Waals surface area contributed by atoms with Gasteiger partial charge in [0.1, 0.15) is 63.6 Å². The third-order valence-corrected chi connectivity index (χ3v) is 5.64. The van der Waals surface area contributed by atoms with Crippen molar-refractivity contribution in [2.75, 3.05) is 13.7 Å². The summed E-state index contributed by atoms with van der Waals surface area (Å²) in [6.45, 7) is 0.407. The molecule has 5 atom stereocenters. The SMILES string of the molecule is COc1cc(O)c2c(=O)cc(-c3c(O)cccc3OC3OC(CO)C(O)C(O)C3OC(C)=O)oc2c1. The van der Waals surface area contributed by atoms with Crippen molar-refractivity contribution in [2.24, 2.45) is 0 Å². The molecule has 0 aliphatic carbocycles. The molecule has 5 N–H and O–H groups in total. The fraction of sp³-hybridized carbons (Fsp3) is 0.333. The predicted molar refractivity (Wildman–Crippen MR) is 122 cm³/mol. The number of hydrogen-bond donors (Lipinski definition) is 5. The summed E-state index contributed by atoms with van der Waals surface area (Å²) in [5.41, 5.74) is -0.745. The van der Waals surface area contributed by atoms with Gasteiger partial charge >= 0.3 is 5.97 Å². The summed E-state index contributed by atoms with van der Waals surface area (Å²) in [6.07, 6.45) is -7.54. The zero-order valence-corrected chi connectivity index (χ0v) is 19.2. The van der Waals surface area contributed by atoms with Crippen LogP contribution >= 0.6 is 0 Å². The highest BCUT2D eigenvalue weighted by Gasteiger charge is 2.48. The van der Waals surface area contributed by atoms with E-state index in [1.165, 1.54) is 37.4 Å². The molecule has 0 radical (unpaired) electrons. The number of aliphatic hydroxyl groups excluding tert-OH is 3. The van der Waals surface area contributed by atoms with E-state index < -0.39 is 48.7 Å². The molecule has 1 aliphatic rings. The second-order valence-electron chi connectivity index (χ2n) is 8.04. The van der Waals surface area contributed by atoms with E-state index >= 15 is 0 Å². The standard InChI is InChI=1S/C24H24O12/c1-10(26)33-23-22(31)21(30)18(9-25)36-24(23)35-15-5-3-4-12(27)20(15)17-8-14(29)19-13(28)6-11(32-2)7-16(19)34-17/h3-8,18,21-25,27-28,30-31H,9H2,1-2H3. The number of benzene rings is 2. The molecular formula is C24H24O12. The first-order valence-electron chi connectivity index (χ1n) is 10.8. The van der Waals surface area contributed by atoms with Crippen LogP contribution in [0.15, 0.2) is 45.6 Å². The Morgan fingerprint density at radius 3 is 2.50 bits per heavy atom. The van der Waals surface area contributed by atoms with Crippen LogP contribution in [-0.2, 0) is 14.3 Å². The van der Waals surface area contributed by atoms with Crippen molar-refractivity contribution in [3.8, 4) is 34.3 Å². The van der Waals surface area contributed by atoms with Gasteiger partial charge in [-0.2, -0.15) is 0 Å². The second kappa shape index (κ2) is 10.0. The van der Waals surface area contributed by atoms with Gasteiger partial charge in [0.2, 0.25) is 6.29 Å². The largest absolute Gasteiger partial charge is 0.507 e. The zero-order valence-electron chi connectivity index (χ0n) is 19.2. The molecule has 192 valence electrons. The molecule has 1 fully saturated rings. The minimum absolute atomic E-state index is 0.0332. The molecule has 36 heavy (non-hydrogen) atoms. The van der Waals surface area contributed by atoms with Crippen molar-refractivity contribution < 1.29 is 53.7 Å². The monoisotopic (exact) mass is 504 g/mol.